The van der Waals surface area contributed by atoms with E-state index in [2.05, 4.69) is 0 Å². The van der Waals surface area contributed by atoms with Gasteiger partial charge in [-0.2, -0.15) is 0 Å². The number of nitrogens with zero attached hydrogens (tertiary/aromatic N) is 1. The molecule has 16 heavy (non-hydrogen) atoms. The van der Waals surface area contributed by atoms with Crippen LogP contribution in [0, 0.1) is 0 Å². The van der Waals surface area contributed by atoms with Gasteiger partial charge in [0.1, 0.15) is 6.23 Å². The Morgan fingerprint density at radius 3 is 1.56 bits per heavy atom. The van der Waals surface area contributed by atoms with E-state index in [-0.39, 0.29) is 0 Å². The van der Waals surface area contributed by atoms with Crippen molar-refractivity contribution in [2.24, 2.45) is 11.7 Å². The first-order valence-corrected chi connectivity index (χ1v) is 4.83. The zero-order valence-corrected chi connectivity index (χ0v) is 9.60. The van der Waals surface area contributed by atoms with Crippen molar-refractivity contribution >= 4 is 11.8 Å². The lowest BCUT2D eigenvalue weighted by atomic mass is 10.1. The van der Waals surface area contributed by atoms with Crippen LogP contribution in [0.2, 0.25) is 0 Å². The Kier molecular flexibility index (Phi) is 5.89. The van der Waals surface area contributed by atoms with E-state index in [9.17, 15) is 14.7 Å². The standard InChI is InChI=1S/C8H19N5O3/c1-4(7(15)11-9)13(6(3)14)5(2)8(16)12-10/h4-6,14H,9-10H2,1-3H3,(H,11,15)(H,12,16). The minimum atomic E-state index is -0.986. The van der Waals surface area contributed by atoms with Gasteiger partial charge in [-0.05, 0) is 20.8 Å². The van der Waals surface area contributed by atoms with E-state index in [0.29, 0.717) is 0 Å². The molecule has 0 fully saturated rings. The summed E-state index contributed by atoms with van der Waals surface area (Å²) in [4.78, 5) is 23.9. The second kappa shape index (κ2) is 6.38. The van der Waals surface area contributed by atoms with Crippen LogP contribution in [0.3, 0.4) is 0 Å². The summed E-state index contributed by atoms with van der Waals surface area (Å²) >= 11 is 0. The van der Waals surface area contributed by atoms with Crippen LogP contribution in [0.25, 0.3) is 0 Å². The van der Waals surface area contributed by atoms with Crippen LogP contribution < -0.4 is 22.5 Å². The summed E-state index contributed by atoms with van der Waals surface area (Å²) in [5, 5.41) is 9.53. The molecule has 7 N–H and O–H groups in total. The first-order valence-electron chi connectivity index (χ1n) is 4.83. The zero-order chi connectivity index (χ0) is 12.9. The molecular weight excluding hydrogens is 214 g/mol. The van der Waals surface area contributed by atoms with Crippen LogP contribution in [-0.2, 0) is 9.59 Å². The average molecular weight is 233 g/mol. The maximum Gasteiger partial charge on any atom is 0.251 e. The van der Waals surface area contributed by atoms with Crippen molar-refractivity contribution in [3.05, 3.63) is 0 Å². The highest BCUT2D eigenvalue weighted by molar-refractivity contribution is 5.84. The molecule has 0 heterocycles. The van der Waals surface area contributed by atoms with Gasteiger partial charge < -0.3 is 5.11 Å². The van der Waals surface area contributed by atoms with Crippen molar-refractivity contribution < 1.29 is 14.7 Å². The number of amides is 2. The van der Waals surface area contributed by atoms with E-state index < -0.39 is 30.1 Å². The highest BCUT2D eigenvalue weighted by Crippen LogP contribution is 2.09. The Morgan fingerprint density at radius 2 is 1.38 bits per heavy atom. The molecule has 0 spiro atoms. The summed E-state index contributed by atoms with van der Waals surface area (Å²) in [6, 6.07) is -1.51. The van der Waals surface area contributed by atoms with Gasteiger partial charge >= 0.3 is 0 Å². The second-order valence-electron chi connectivity index (χ2n) is 3.45. The van der Waals surface area contributed by atoms with E-state index in [4.69, 9.17) is 11.7 Å². The molecule has 0 bridgehead atoms. The molecule has 0 rings (SSSR count). The molecule has 0 saturated heterocycles. The van der Waals surface area contributed by atoms with Gasteiger partial charge in [-0.25, -0.2) is 11.7 Å². The van der Waals surface area contributed by atoms with Gasteiger partial charge in [-0.1, -0.05) is 0 Å². The molecule has 0 aliphatic carbocycles. The van der Waals surface area contributed by atoms with Crippen LogP contribution in [0.4, 0.5) is 0 Å². The highest BCUT2D eigenvalue weighted by Gasteiger charge is 2.32. The monoisotopic (exact) mass is 233 g/mol. The molecule has 0 saturated carbocycles. The minimum absolute atomic E-state index is 0.502. The summed E-state index contributed by atoms with van der Waals surface area (Å²) in [5.74, 6) is 8.97. The Labute approximate surface area is 93.9 Å². The number of carbonyl (C=O) groups excluding carboxylic acids is 2. The Hall–Kier alpha value is -1.22. The maximum atomic E-state index is 11.3. The van der Waals surface area contributed by atoms with Crippen molar-refractivity contribution in [1.82, 2.24) is 15.8 Å². The third-order valence-corrected chi connectivity index (χ3v) is 2.37. The molecule has 3 atom stereocenters. The molecule has 0 aromatic rings. The fourth-order valence-electron chi connectivity index (χ4n) is 1.49. The van der Waals surface area contributed by atoms with E-state index in [1.54, 1.807) is 0 Å². The summed E-state index contributed by atoms with van der Waals surface area (Å²) in [5.41, 5.74) is 3.91. The number of aliphatic hydroxyl groups excluding tert-OH is 1. The van der Waals surface area contributed by atoms with Gasteiger partial charge in [-0.15, -0.1) is 0 Å². The molecule has 94 valence electrons. The number of rotatable bonds is 5. The number of aliphatic hydroxyl groups is 1. The van der Waals surface area contributed by atoms with E-state index in [0.717, 1.165) is 0 Å². The topological polar surface area (TPSA) is 134 Å². The third kappa shape index (κ3) is 3.42. The predicted octanol–water partition coefficient (Wildman–Crippen LogP) is -2.62. The molecule has 0 aliphatic heterocycles. The lowest BCUT2D eigenvalue weighted by Crippen LogP contribution is -2.58. The van der Waals surface area contributed by atoms with Crippen molar-refractivity contribution in [2.75, 3.05) is 0 Å². The van der Waals surface area contributed by atoms with Crippen LogP contribution in [0.15, 0.2) is 0 Å². The smallest absolute Gasteiger partial charge is 0.251 e. The van der Waals surface area contributed by atoms with Crippen molar-refractivity contribution in [3.8, 4) is 0 Å². The quantitative estimate of drug-likeness (QED) is 0.153. The largest absolute Gasteiger partial charge is 0.379 e. The fraction of sp³-hybridized carbons (Fsp3) is 0.750. The van der Waals surface area contributed by atoms with Crippen LogP contribution in [0.5, 0.6) is 0 Å². The van der Waals surface area contributed by atoms with E-state index >= 15 is 0 Å². The Balaban J connectivity index is 4.86. The molecule has 3 unspecified atom stereocenters. The number of carbonyl (C=O) groups is 2. The van der Waals surface area contributed by atoms with Crippen LogP contribution in [0.1, 0.15) is 20.8 Å². The molecule has 0 aromatic heterocycles. The first kappa shape index (κ1) is 14.8. The molecule has 8 heteroatoms. The van der Waals surface area contributed by atoms with Crippen molar-refractivity contribution in [2.45, 2.75) is 39.1 Å². The number of hydrazine groups is 2. The highest BCUT2D eigenvalue weighted by atomic mass is 16.3. The lowest BCUT2D eigenvalue weighted by molar-refractivity contribution is -0.140. The summed E-state index contributed by atoms with van der Waals surface area (Å²) in [6.45, 7) is 4.49. The van der Waals surface area contributed by atoms with Gasteiger partial charge in [0, 0.05) is 0 Å². The van der Waals surface area contributed by atoms with Crippen molar-refractivity contribution in [1.29, 1.82) is 0 Å². The fourth-order valence-corrected chi connectivity index (χ4v) is 1.49. The second-order valence-corrected chi connectivity index (χ2v) is 3.45. The summed E-state index contributed by atoms with van der Waals surface area (Å²) in [6.07, 6.45) is -0.986. The lowest BCUT2D eigenvalue weighted by Gasteiger charge is -2.34. The molecule has 0 aliphatic rings. The number of nitrogens with one attached hydrogen (secondary N) is 2. The Bertz CT molecular complexity index is 236. The third-order valence-electron chi connectivity index (χ3n) is 2.37. The summed E-state index contributed by atoms with van der Waals surface area (Å²) in [7, 11) is 0. The number of nitrogens with two attached hydrogens (primary N) is 2. The van der Waals surface area contributed by atoms with E-state index in [1.807, 2.05) is 10.9 Å². The minimum Gasteiger partial charge on any atom is -0.379 e. The average Bonchev–Trinajstić information content (AvgIpc) is 2.26. The molecule has 8 nitrogen and oxygen atoms in total. The zero-order valence-electron chi connectivity index (χ0n) is 9.60. The Morgan fingerprint density at radius 1 is 1.06 bits per heavy atom. The molecule has 0 aromatic carbocycles. The van der Waals surface area contributed by atoms with Crippen LogP contribution in [-0.4, -0.2) is 40.1 Å². The molecule has 2 amide bonds. The van der Waals surface area contributed by atoms with Gasteiger partial charge in [0.05, 0.1) is 12.1 Å². The van der Waals surface area contributed by atoms with E-state index in [1.165, 1.54) is 25.7 Å². The number of hydrogen-bond donors (Lipinski definition) is 5. The molecule has 0 radical (unpaired) electrons. The van der Waals surface area contributed by atoms with Gasteiger partial charge in [0.2, 0.25) is 0 Å². The normalized spacial score (nSPS) is 16.4. The van der Waals surface area contributed by atoms with Gasteiger partial charge in [-0.3, -0.25) is 25.3 Å². The number of hydrogen-bond acceptors (Lipinski definition) is 6. The van der Waals surface area contributed by atoms with Crippen LogP contribution >= 0.6 is 0 Å². The van der Waals surface area contributed by atoms with Gasteiger partial charge in [0.25, 0.3) is 11.8 Å². The SMILES string of the molecule is CC(O)N(C(C)C(=O)NN)C(C)C(=O)NN. The maximum absolute atomic E-state index is 11.3. The van der Waals surface area contributed by atoms with Crippen molar-refractivity contribution in [3.63, 3.8) is 0 Å². The predicted molar refractivity (Wildman–Crippen MR) is 57.1 cm³/mol. The summed E-state index contributed by atoms with van der Waals surface area (Å²) < 4.78 is 0. The first-order chi connectivity index (χ1) is 7.36. The van der Waals surface area contributed by atoms with Gasteiger partial charge in [0.15, 0.2) is 0 Å². The molecular formula is C8H19N5O3.